The van der Waals surface area contributed by atoms with Gasteiger partial charge in [-0.05, 0) is 49.7 Å². The quantitative estimate of drug-likeness (QED) is 0.538. The summed E-state index contributed by atoms with van der Waals surface area (Å²) in [6.07, 6.45) is 3.63. The van der Waals surface area contributed by atoms with E-state index in [2.05, 4.69) is 20.2 Å². The Morgan fingerprint density at radius 1 is 1.11 bits per heavy atom. The van der Waals surface area contributed by atoms with Gasteiger partial charge < -0.3 is 4.74 Å². The van der Waals surface area contributed by atoms with E-state index in [1.54, 1.807) is 25.4 Å². The van der Waals surface area contributed by atoms with Crippen molar-refractivity contribution in [3.05, 3.63) is 60.0 Å². The standard InChI is InChI=1S/C21H19N5O2/c1-3-28-19(27)11-14-9-10-22-17-8-7-16(25-20(14)17)15-12-23-26-21(15)18-6-4-5-13(2)24-18/h4-10,12H,3,11H2,1-2H3,(H,23,26). The van der Waals surface area contributed by atoms with Crippen LogP contribution in [0.2, 0.25) is 0 Å². The molecule has 0 spiro atoms. The van der Waals surface area contributed by atoms with Crippen LogP contribution in [0.4, 0.5) is 0 Å². The molecule has 28 heavy (non-hydrogen) atoms. The van der Waals surface area contributed by atoms with Gasteiger partial charge >= 0.3 is 5.97 Å². The van der Waals surface area contributed by atoms with Gasteiger partial charge in [0.2, 0.25) is 0 Å². The highest BCUT2D eigenvalue weighted by atomic mass is 16.5. The second kappa shape index (κ2) is 7.56. The Bertz CT molecular complexity index is 1150. The average molecular weight is 373 g/mol. The molecule has 0 aliphatic rings. The van der Waals surface area contributed by atoms with E-state index >= 15 is 0 Å². The molecule has 0 radical (unpaired) electrons. The van der Waals surface area contributed by atoms with E-state index in [0.717, 1.165) is 39.4 Å². The number of fused-ring (bicyclic) bond motifs is 1. The summed E-state index contributed by atoms with van der Waals surface area (Å²) in [7, 11) is 0. The van der Waals surface area contributed by atoms with E-state index in [0.29, 0.717) is 12.1 Å². The van der Waals surface area contributed by atoms with E-state index in [-0.39, 0.29) is 12.4 Å². The third-order valence-electron chi connectivity index (χ3n) is 4.35. The number of aromatic nitrogens is 5. The minimum Gasteiger partial charge on any atom is -0.466 e. The monoisotopic (exact) mass is 373 g/mol. The van der Waals surface area contributed by atoms with Crippen LogP contribution in [0.15, 0.2) is 48.8 Å². The summed E-state index contributed by atoms with van der Waals surface area (Å²) < 4.78 is 5.07. The second-order valence-electron chi connectivity index (χ2n) is 6.33. The van der Waals surface area contributed by atoms with Crippen molar-refractivity contribution < 1.29 is 9.53 Å². The molecule has 0 saturated heterocycles. The number of hydrogen-bond donors (Lipinski definition) is 1. The Kier molecular flexibility index (Phi) is 4.80. The summed E-state index contributed by atoms with van der Waals surface area (Å²) in [6.45, 7) is 4.08. The molecule has 0 saturated carbocycles. The number of pyridine rings is 3. The predicted octanol–water partition coefficient (Wildman–Crippen LogP) is 3.50. The van der Waals surface area contributed by atoms with Crippen molar-refractivity contribution in [3.8, 4) is 22.6 Å². The molecular weight excluding hydrogens is 354 g/mol. The molecule has 0 atom stereocenters. The first-order valence-corrected chi connectivity index (χ1v) is 9.04. The van der Waals surface area contributed by atoms with Crippen LogP contribution < -0.4 is 0 Å². The van der Waals surface area contributed by atoms with Crippen molar-refractivity contribution in [1.82, 2.24) is 25.1 Å². The molecule has 0 amide bonds. The average Bonchev–Trinajstić information content (AvgIpc) is 3.18. The summed E-state index contributed by atoms with van der Waals surface area (Å²) in [4.78, 5) is 25.6. The number of nitrogens with zero attached hydrogens (tertiary/aromatic N) is 4. The van der Waals surface area contributed by atoms with Gasteiger partial charge in [0.05, 0.1) is 35.4 Å². The van der Waals surface area contributed by atoms with Gasteiger partial charge in [-0.1, -0.05) is 6.07 Å². The number of rotatable bonds is 5. The molecule has 4 aromatic heterocycles. The molecule has 7 heteroatoms. The van der Waals surface area contributed by atoms with E-state index in [4.69, 9.17) is 9.72 Å². The fourth-order valence-electron chi connectivity index (χ4n) is 3.09. The van der Waals surface area contributed by atoms with Crippen molar-refractivity contribution in [2.45, 2.75) is 20.3 Å². The van der Waals surface area contributed by atoms with Gasteiger partial charge in [-0.25, -0.2) is 4.98 Å². The Balaban J connectivity index is 1.79. The number of aryl methyl sites for hydroxylation is 1. The fraction of sp³-hybridized carbons (Fsp3) is 0.190. The molecular formula is C21H19N5O2. The fourth-order valence-corrected chi connectivity index (χ4v) is 3.09. The maximum atomic E-state index is 11.9. The smallest absolute Gasteiger partial charge is 0.310 e. The van der Waals surface area contributed by atoms with Gasteiger partial charge in [-0.15, -0.1) is 0 Å². The number of aromatic amines is 1. The third kappa shape index (κ3) is 3.46. The van der Waals surface area contributed by atoms with Crippen molar-refractivity contribution in [2.24, 2.45) is 0 Å². The highest BCUT2D eigenvalue weighted by Crippen LogP contribution is 2.29. The SMILES string of the molecule is CCOC(=O)Cc1ccnc2ccc(-c3c[nH]nc3-c3cccc(C)n3)nc12. The molecule has 7 nitrogen and oxygen atoms in total. The van der Waals surface area contributed by atoms with Crippen LogP contribution in [0, 0.1) is 6.92 Å². The van der Waals surface area contributed by atoms with E-state index in [1.807, 2.05) is 37.3 Å². The van der Waals surface area contributed by atoms with Crippen LogP contribution >= 0.6 is 0 Å². The topological polar surface area (TPSA) is 93.7 Å². The Labute approximate surface area is 161 Å². The Morgan fingerprint density at radius 2 is 2.00 bits per heavy atom. The first-order valence-electron chi connectivity index (χ1n) is 9.04. The van der Waals surface area contributed by atoms with Gasteiger partial charge in [-0.3, -0.25) is 19.9 Å². The van der Waals surface area contributed by atoms with Crippen molar-refractivity contribution in [1.29, 1.82) is 0 Å². The maximum absolute atomic E-state index is 11.9. The predicted molar refractivity (Wildman–Crippen MR) is 105 cm³/mol. The van der Waals surface area contributed by atoms with Crippen LogP contribution in [0.3, 0.4) is 0 Å². The number of nitrogens with one attached hydrogen (secondary N) is 1. The summed E-state index contributed by atoms with van der Waals surface area (Å²) in [5.41, 5.74) is 6.18. The molecule has 0 fully saturated rings. The van der Waals surface area contributed by atoms with Gasteiger partial charge in [0, 0.05) is 23.7 Å². The van der Waals surface area contributed by atoms with Crippen LogP contribution in [0.25, 0.3) is 33.7 Å². The number of hydrogen-bond acceptors (Lipinski definition) is 6. The van der Waals surface area contributed by atoms with E-state index < -0.39 is 0 Å². The van der Waals surface area contributed by atoms with Gasteiger partial charge in [-0.2, -0.15) is 5.10 Å². The van der Waals surface area contributed by atoms with E-state index in [9.17, 15) is 4.79 Å². The maximum Gasteiger partial charge on any atom is 0.310 e. The lowest BCUT2D eigenvalue weighted by atomic mass is 10.1. The molecule has 0 aliphatic heterocycles. The number of ether oxygens (including phenoxy) is 1. The van der Waals surface area contributed by atoms with Gasteiger partial charge in [0.1, 0.15) is 5.69 Å². The zero-order valence-electron chi connectivity index (χ0n) is 15.6. The zero-order chi connectivity index (χ0) is 19.5. The van der Waals surface area contributed by atoms with Crippen molar-refractivity contribution in [2.75, 3.05) is 6.61 Å². The lowest BCUT2D eigenvalue weighted by Crippen LogP contribution is -2.08. The molecule has 4 heterocycles. The zero-order valence-corrected chi connectivity index (χ0v) is 15.6. The lowest BCUT2D eigenvalue weighted by Gasteiger charge is -2.08. The Morgan fingerprint density at radius 3 is 2.82 bits per heavy atom. The van der Waals surface area contributed by atoms with Gasteiger partial charge in [0.25, 0.3) is 0 Å². The van der Waals surface area contributed by atoms with Gasteiger partial charge in [0.15, 0.2) is 0 Å². The minimum atomic E-state index is -0.282. The van der Waals surface area contributed by atoms with Crippen LogP contribution in [0.5, 0.6) is 0 Å². The number of H-pyrrole nitrogens is 1. The van der Waals surface area contributed by atoms with Crippen LogP contribution in [-0.4, -0.2) is 37.7 Å². The summed E-state index contributed by atoms with van der Waals surface area (Å²) in [5.74, 6) is -0.282. The second-order valence-corrected chi connectivity index (χ2v) is 6.33. The number of carbonyl (C=O) groups excluding carboxylic acids is 1. The summed E-state index contributed by atoms with van der Waals surface area (Å²) in [6, 6.07) is 11.4. The first kappa shape index (κ1) is 17.8. The number of esters is 1. The van der Waals surface area contributed by atoms with Crippen molar-refractivity contribution in [3.63, 3.8) is 0 Å². The molecule has 0 aliphatic carbocycles. The highest BCUT2D eigenvalue weighted by Gasteiger charge is 2.15. The lowest BCUT2D eigenvalue weighted by molar-refractivity contribution is -0.142. The van der Waals surface area contributed by atoms with Crippen LogP contribution in [-0.2, 0) is 16.0 Å². The summed E-state index contributed by atoms with van der Waals surface area (Å²) >= 11 is 0. The highest BCUT2D eigenvalue weighted by molar-refractivity contribution is 5.86. The molecule has 4 rings (SSSR count). The van der Waals surface area contributed by atoms with Crippen LogP contribution in [0.1, 0.15) is 18.2 Å². The molecule has 0 unspecified atom stereocenters. The normalized spacial score (nSPS) is 10.9. The molecule has 140 valence electrons. The first-order chi connectivity index (χ1) is 13.7. The third-order valence-corrected chi connectivity index (χ3v) is 4.35. The molecule has 4 aromatic rings. The summed E-state index contributed by atoms with van der Waals surface area (Å²) in [5, 5.41) is 7.27. The Hall–Kier alpha value is -3.61. The van der Waals surface area contributed by atoms with Crippen molar-refractivity contribution >= 4 is 17.0 Å². The largest absolute Gasteiger partial charge is 0.466 e. The van der Waals surface area contributed by atoms with E-state index in [1.165, 1.54) is 0 Å². The molecule has 0 bridgehead atoms. The minimum absolute atomic E-state index is 0.154. The number of carbonyl (C=O) groups is 1. The molecule has 0 aromatic carbocycles. The molecule has 1 N–H and O–H groups in total.